The molecule has 0 bridgehead atoms. The van der Waals surface area contributed by atoms with E-state index < -0.39 is 11.4 Å². The molecule has 0 spiro atoms. The van der Waals surface area contributed by atoms with Crippen LogP contribution in [0.2, 0.25) is 0 Å². The highest BCUT2D eigenvalue weighted by molar-refractivity contribution is 7.91. The highest BCUT2D eigenvalue weighted by Gasteiger charge is 2.29. The molecule has 0 aromatic heterocycles. The number of nitrogens with zero attached hydrogens (tertiary/aromatic N) is 1. The van der Waals surface area contributed by atoms with E-state index in [2.05, 4.69) is 11.3 Å². The third-order valence-corrected chi connectivity index (χ3v) is 3.69. The fourth-order valence-corrected chi connectivity index (χ4v) is 1.82. The monoisotopic (exact) mass is 217 g/mol. The van der Waals surface area contributed by atoms with E-state index in [9.17, 15) is 4.55 Å². The number of hydrogen-bond acceptors (Lipinski definition) is 3. The van der Waals surface area contributed by atoms with Crippen LogP contribution >= 0.6 is 0 Å². The van der Waals surface area contributed by atoms with Crippen LogP contribution in [0.1, 0.15) is 34.1 Å². The van der Waals surface area contributed by atoms with Crippen LogP contribution in [0.5, 0.6) is 0 Å². The number of ether oxygens (including phenoxy) is 1. The lowest BCUT2D eigenvalue weighted by atomic mass is 10.0. The first-order valence-corrected chi connectivity index (χ1v) is 6.09. The molecule has 1 saturated heterocycles. The van der Waals surface area contributed by atoms with Gasteiger partial charge in [-0.25, -0.2) is 0 Å². The van der Waals surface area contributed by atoms with Gasteiger partial charge < -0.3 is 9.29 Å². The number of rotatable bonds is 1. The Morgan fingerprint density at radius 2 is 2.14 bits per heavy atom. The average Bonchev–Trinajstić information content (AvgIpc) is 2.07. The van der Waals surface area contributed by atoms with Gasteiger partial charge >= 0.3 is 0 Å². The van der Waals surface area contributed by atoms with Crippen molar-refractivity contribution >= 4 is 17.1 Å². The fraction of sp³-hybridized carbons (Fsp3) is 0.900. The Bertz CT molecular complexity index is 223. The largest absolute Gasteiger partial charge is 0.591 e. The smallest absolute Gasteiger partial charge is 0.144 e. The van der Waals surface area contributed by atoms with Crippen LogP contribution in [0.3, 0.4) is 0 Å². The first-order valence-electron chi connectivity index (χ1n) is 4.98. The maximum atomic E-state index is 11.7. The highest BCUT2D eigenvalue weighted by atomic mass is 32.2. The molecular weight excluding hydrogens is 198 g/mol. The third kappa shape index (κ3) is 3.26. The van der Waals surface area contributed by atoms with Gasteiger partial charge in [0.05, 0.1) is 12.3 Å². The van der Waals surface area contributed by atoms with E-state index in [0.29, 0.717) is 12.5 Å². The summed E-state index contributed by atoms with van der Waals surface area (Å²) >= 11 is -1.15. The summed E-state index contributed by atoms with van der Waals surface area (Å²) in [6.45, 7) is 9.25. The Kier molecular flexibility index (Phi) is 3.98. The normalized spacial score (nSPS) is 29.2. The molecule has 82 valence electrons. The Balaban J connectivity index is 2.66. The third-order valence-electron chi connectivity index (χ3n) is 2.24. The van der Waals surface area contributed by atoms with Gasteiger partial charge in [0.15, 0.2) is 0 Å². The van der Waals surface area contributed by atoms with Gasteiger partial charge in [-0.05, 0) is 27.2 Å². The van der Waals surface area contributed by atoms with Gasteiger partial charge in [0.1, 0.15) is 16.1 Å². The molecule has 0 N–H and O–H groups in total. The fourth-order valence-electron chi connectivity index (χ4n) is 1.11. The van der Waals surface area contributed by atoms with Crippen LogP contribution in [-0.4, -0.2) is 28.2 Å². The predicted octanol–water partition coefficient (Wildman–Crippen LogP) is 1.95. The van der Waals surface area contributed by atoms with E-state index in [4.69, 9.17) is 4.74 Å². The minimum Gasteiger partial charge on any atom is -0.591 e. The zero-order valence-electron chi connectivity index (χ0n) is 9.37. The molecule has 1 rings (SSSR count). The Hall–Kier alpha value is -0.0600. The van der Waals surface area contributed by atoms with Crippen LogP contribution < -0.4 is 0 Å². The minimum atomic E-state index is -1.15. The summed E-state index contributed by atoms with van der Waals surface area (Å²) in [6.07, 6.45) is 0.986. The van der Waals surface area contributed by atoms with E-state index in [1.807, 2.05) is 20.8 Å². The Morgan fingerprint density at radius 1 is 1.50 bits per heavy atom. The molecular formula is C10H19NO2S. The van der Waals surface area contributed by atoms with Crippen molar-refractivity contribution in [2.24, 2.45) is 10.3 Å². The summed E-state index contributed by atoms with van der Waals surface area (Å²) in [7, 11) is 0. The van der Waals surface area contributed by atoms with Crippen LogP contribution in [0.25, 0.3) is 0 Å². The zero-order valence-corrected chi connectivity index (χ0v) is 10.2. The van der Waals surface area contributed by atoms with Gasteiger partial charge in [0.25, 0.3) is 0 Å². The van der Waals surface area contributed by atoms with Crippen molar-refractivity contribution < 1.29 is 9.29 Å². The summed E-state index contributed by atoms with van der Waals surface area (Å²) in [6, 6.07) is 0. The molecule has 0 aromatic carbocycles. The molecule has 3 nitrogen and oxygen atoms in total. The van der Waals surface area contributed by atoms with Crippen molar-refractivity contribution in [2.75, 3.05) is 13.2 Å². The number of hydrogen-bond donors (Lipinski definition) is 0. The Labute approximate surface area is 89.3 Å². The van der Waals surface area contributed by atoms with Gasteiger partial charge in [0.2, 0.25) is 0 Å². The van der Waals surface area contributed by atoms with Gasteiger partial charge in [-0.15, -0.1) is 0 Å². The molecule has 1 heterocycles. The zero-order chi connectivity index (χ0) is 10.8. The highest BCUT2D eigenvalue weighted by Crippen LogP contribution is 2.20. The molecule has 0 unspecified atom stereocenters. The van der Waals surface area contributed by atoms with Gasteiger partial charge in [-0.2, -0.15) is 0 Å². The second kappa shape index (κ2) is 4.64. The minimum absolute atomic E-state index is 0.274. The maximum Gasteiger partial charge on any atom is 0.144 e. The lowest BCUT2D eigenvalue weighted by molar-refractivity contribution is 0.141. The van der Waals surface area contributed by atoms with Gasteiger partial charge in [-0.1, -0.05) is 11.3 Å². The average molecular weight is 217 g/mol. The standard InChI is InChI=1S/C10H19NO2S/c1-8-5-6-13-7-9(8)11-14(12)10(2,3)4/h8H,5-7H2,1-4H3/b11-9+/t8-,14+/m0/s1. The first kappa shape index (κ1) is 12.0. The lowest BCUT2D eigenvalue weighted by Gasteiger charge is -2.23. The molecule has 0 amide bonds. The van der Waals surface area contributed by atoms with Crippen molar-refractivity contribution in [3.63, 3.8) is 0 Å². The SMILES string of the molecule is C[C@H]1CCOC/C1=N\[S@+]([O-])C(C)(C)C. The van der Waals surface area contributed by atoms with Crippen molar-refractivity contribution in [1.29, 1.82) is 0 Å². The molecule has 0 saturated carbocycles. The van der Waals surface area contributed by atoms with Crippen molar-refractivity contribution in [2.45, 2.75) is 38.9 Å². The van der Waals surface area contributed by atoms with E-state index in [1.165, 1.54) is 0 Å². The van der Waals surface area contributed by atoms with Crippen LogP contribution in [0.15, 0.2) is 4.40 Å². The molecule has 1 aliphatic rings. The summed E-state index contributed by atoms with van der Waals surface area (Å²) in [5.41, 5.74) is 0.949. The van der Waals surface area contributed by atoms with Crippen molar-refractivity contribution in [3.05, 3.63) is 0 Å². The Morgan fingerprint density at radius 3 is 2.64 bits per heavy atom. The molecule has 0 aromatic rings. The second-order valence-corrected chi connectivity index (χ2v) is 6.59. The van der Waals surface area contributed by atoms with Crippen molar-refractivity contribution in [3.8, 4) is 0 Å². The molecule has 1 aliphatic heterocycles. The van der Waals surface area contributed by atoms with E-state index >= 15 is 0 Å². The van der Waals surface area contributed by atoms with E-state index in [-0.39, 0.29) is 4.75 Å². The van der Waals surface area contributed by atoms with Crippen LogP contribution in [0, 0.1) is 5.92 Å². The lowest BCUT2D eigenvalue weighted by Crippen LogP contribution is -2.31. The quantitative estimate of drug-likeness (QED) is 0.630. The predicted molar refractivity (Wildman–Crippen MR) is 59.9 cm³/mol. The van der Waals surface area contributed by atoms with Crippen molar-refractivity contribution in [1.82, 2.24) is 0 Å². The molecule has 0 radical (unpaired) electrons. The van der Waals surface area contributed by atoms with E-state index in [1.54, 1.807) is 0 Å². The van der Waals surface area contributed by atoms with Crippen LogP contribution in [-0.2, 0) is 16.1 Å². The summed E-state index contributed by atoms with van der Waals surface area (Å²) < 4.78 is 21.0. The summed E-state index contributed by atoms with van der Waals surface area (Å²) in [5, 5.41) is 0. The van der Waals surface area contributed by atoms with Gasteiger partial charge in [-0.3, -0.25) is 0 Å². The van der Waals surface area contributed by atoms with Crippen LogP contribution in [0.4, 0.5) is 0 Å². The summed E-state index contributed by atoms with van der Waals surface area (Å²) in [4.78, 5) is 0. The van der Waals surface area contributed by atoms with Gasteiger partial charge in [0, 0.05) is 12.5 Å². The topological polar surface area (TPSA) is 44.6 Å². The molecule has 2 atom stereocenters. The van der Waals surface area contributed by atoms with E-state index in [0.717, 1.165) is 18.7 Å². The molecule has 1 fully saturated rings. The second-order valence-electron chi connectivity index (χ2n) is 4.69. The molecule has 14 heavy (non-hydrogen) atoms. The summed E-state index contributed by atoms with van der Waals surface area (Å²) in [5.74, 6) is 0.412. The first-order chi connectivity index (χ1) is 6.41. The maximum absolute atomic E-state index is 11.7. The molecule has 4 heteroatoms. The molecule has 0 aliphatic carbocycles.